The van der Waals surface area contributed by atoms with Gasteiger partial charge in [0.2, 0.25) is 15.9 Å². The van der Waals surface area contributed by atoms with Crippen molar-refractivity contribution in [3.8, 4) is 0 Å². The number of carbonyl (C=O) groups is 1. The summed E-state index contributed by atoms with van der Waals surface area (Å²) in [6, 6.07) is 5.19. The highest BCUT2D eigenvalue weighted by Gasteiger charge is 2.34. The van der Waals surface area contributed by atoms with E-state index in [1.807, 2.05) is 0 Å². The van der Waals surface area contributed by atoms with E-state index in [0.717, 1.165) is 32.1 Å². The second-order valence-electron chi connectivity index (χ2n) is 7.14. The van der Waals surface area contributed by atoms with E-state index in [2.05, 4.69) is 5.32 Å². The first kappa shape index (κ1) is 19.9. The number of carbonyl (C=O) groups excluding carboxylic acids is 1. The molecule has 1 aromatic carbocycles. The normalized spacial score (nSPS) is 22.5. The molecule has 2 aliphatic rings. The van der Waals surface area contributed by atoms with E-state index >= 15 is 0 Å². The van der Waals surface area contributed by atoms with E-state index in [-0.39, 0.29) is 30.2 Å². The van der Waals surface area contributed by atoms with E-state index in [1.54, 1.807) is 18.2 Å². The maximum Gasteiger partial charge on any atom is 0.224 e. The monoisotopic (exact) mass is 418 g/mol. The first-order valence-corrected chi connectivity index (χ1v) is 11.4. The van der Waals surface area contributed by atoms with Crippen LogP contribution >= 0.6 is 23.2 Å². The van der Waals surface area contributed by atoms with Gasteiger partial charge < -0.3 is 5.32 Å². The molecule has 1 aliphatic heterocycles. The zero-order valence-corrected chi connectivity index (χ0v) is 16.9. The van der Waals surface area contributed by atoms with Gasteiger partial charge in [-0.2, -0.15) is 0 Å². The Bertz CT molecular complexity index is 743. The Morgan fingerprint density at radius 1 is 1.12 bits per heavy atom. The van der Waals surface area contributed by atoms with Gasteiger partial charge in [-0.05, 0) is 37.8 Å². The maximum absolute atomic E-state index is 12.8. The van der Waals surface area contributed by atoms with E-state index in [0.29, 0.717) is 28.6 Å². The Hall–Kier alpha value is -0.820. The third-order valence-corrected chi connectivity index (χ3v) is 7.72. The molecule has 0 bridgehead atoms. The summed E-state index contributed by atoms with van der Waals surface area (Å²) in [5.41, 5.74) is 0.411. The van der Waals surface area contributed by atoms with Crippen LogP contribution in [0.25, 0.3) is 0 Å². The lowest BCUT2D eigenvalue weighted by Crippen LogP contribution is -2.47. The topological polar surface area (TPSA) is 66.5 Å². The molecule has 1 aromatic rings. The molecule has 5 nitrogen and oxygen atoms in total. The van der Waals surface area contributed by atoms with Crippen LogP contribution in [0.1, 0.15) is 44.1 Å². The Labute approximate surface area is 165 Å². The molecule has 26 heavy (non-hydrogen) atoms. The number of nitrogens with zero attached hydrogens (tertiary/aromatic N) is 1. The lowest BCUT2D eigenvalue weighted by Gasteiger charge is -2.32. The van der Waals surface area contributed by atoms with Gasteiger partial charge in [-0.25, -0.2) is 12.7 Å². The highest BCUT2D eigenvalue weighted by molar-refractivity contribution is 7.88. The van der Waals surface area contributed by atoms with Crippen LogP contribution in [0.4, 0.5) is 0 Å². The molecule has 0 radical (unpaired) electrons. The summed E-state index contributed by atoms with van der Waals surface area (Å²) in [7, 11) is -3.59. The fraction of sp³-hybridized carbons (Fsp3) is 0.611. The minimum atomic E-state index is -3.59. The molecule has 1 N–H and O–H groups in total. The number of hydrogen-bond donors (Lipinski definition) is 1. The summed E-state index contributed by atoms with van der Waals surface area (Å²) in [6.07, 6.45) is 5.73. The maximum atomic E-state index is 12.8. The number of piperidine rings is 1. The van der Waals surface area contributed by atoms with Gasteiger partial charge >= 0.3 is 0 Å². The summed E-state index contributed by atoms with van der Waals surface area (Å²) < 4.78 is 27.1. The number of halogens is 2. The molecule has 1 heterocycles. The van der Waals surface area contributed by atoms with E-state index in [1.165, 1.54) is 4.31 Å². The Morgan fingerprint density at radius 3 is 2.42 bits per heavy atom. The first-order chi connectivity index (χ1) is 12.4. The largest absolute Gasteiger partial charge is 0.353 e. The van der Waals surface area contributed by atoms with Gasteiger partial charge in [0.1, 0.15) is 0 Å². The van der Waals surface area contributed by atoms with Gasteiger partial charge in [-0.1, -0.05) is 42.1 Å². The fourth-order valence-electron chi connectivity index (χ4n) is 3.74. The van der Waals surface area contributed by atoms with Gasteiger partial charge in [0.25, 0.3) is 0 Å². The zero-order chi connectivity index (χ0) is 18.7. The average Bonchev–Trinajstić information content (AvgIpc) is 3.11. The van der Waals surface area contributed by atoms with Crippen molar-refractivity contribution < 1.29 is 13.2 Å². The van der Waals surface area contributed by atoms with E-state index in [9.17, 15) is 13.2 Å². The minimum Gasteiger partial charge on any atom is -0.353 e. The first-order valence-electron chi connectivity index (χ1n) is 9.08. The predicted molar refractivity (Wildman–Crippen MR) is 104 cm³/mol. The zero-order valence-electron chi connectivity index (χ0n) is 14.6. The summed E-state index contributed by atoms with van der Waals surface area (Å²) in [5, 5.41) is 3.77. The van der Waals surface area contributed by atoms with Crippen LogP contribution in [0.5, 0.6) is 0 Å². The van der Waals surface area contributed by atoms with Crippen molar-refractivity contribution in [2.45, 2.75) is 50.3 Å². The molecule has 0 aromatic heterocycles. The van der Waals surface area contributed by atoms with Gasteiger partial charge in [0, 0.05) is 34.7 Å². The second-order valence-corrected chi connectivity index (χ2v) is 9.93. The second kappa shape index (κ2) is 8.46. The number of amides is 1. The average molecular weight is 419 g/mol. The van der Waals surface area contributed by atoms with Crippen LogP contribution in [-0.2, 0) is 20.6 Å². The van der Waals surface area contributed by atoms with E-state index < -0.39 is 10.0 Å². The quantitative estimate of drug-likeness (QED) is 0.793. The predicted octanol–water partition coefficient (Wildman–Crippen LogP) is 3.59. The molecule has 2 fully saturated rings. The summed E-state index contributed by atoms with van der Waals surface area (Å²) >= 11 is 12.2. The number of sulfonamides is 1. The van der Waals surface area contributed by atoms with Crippen LogP contribution < -0.4 is 5.32 Å². The highest BCUT2D eigenvalue weighted by Crippen LogP contribution is 2.29. The third kappa shape index (κ3) is 4.71. The molecule has 0 spiro atoms. The van der Waals surface area contributed by atoms with Crippen molar-refractivity contribution in [2.24, 2.45) is 5.92 Å². The Kier molecular flexibility index (Phi) is 6.49. The standard InChI is InChI=1S/C18H24Cl2N2O3S/c19-16-8-3-9-17(20)15(16)12-26(24,25)22-10-4-5-13(11-22)18(23)21-14-6-1-2-7-14/h3,8-9,13-14H,1-2,4-7,10-12H2,(H,21,23). The lowest BCUT2D eigenvalue weighted by atomic mass is 9.98. The van der Waals surface area contributed by atoms with E-state index in [4.69, 9.17) is 23.2 Å². The Balaban J connectivity index is 1.66. The van der Waals surface area contributed by atoms with Crippen LogP contribution in [0, 0.1) is 5.92 Å². The molecular weight excluding hydrogens is 395 g/mol. The molecule has 3 rings (SSSR count). The van der Waals surface area contributed by atoms with Crippen molar-refractivity contribution in [1.82, 2.24) is 9.62 Å². The number of nitrogens with one attached hydrogen (secondary N) is 1. The van der Waals surface area contributed by atoms with Crippen LogP contribution in [0.15, 0.2) is 18.2 Å². The molecule has 1 unspecified atom stereocenters. The number of hydrogen-bond acceptors (Lipinski definition) is 3. The number of rotatable bonds is 5. The molecule has 1 aliphatic carbocycles. The molecular formula is C18H24Cl2N2O3S. The molecule has 1 saturated heterocycles. The molecule has 1 saturated carbocycles. The Morgan fingerprint density at radius 2 is 1.77 bits per heavy atom. The van der Waals surface area contributed by atoms with Crippen molar-refractivity contribution in [1.29, 1.82) is 0 Å². The van der Waals surface area contributed by atoms with Crippen molar-refractivity contribution in [3.63, 3.8) is 0 Å². The van der Waals surface area contributed by atoms with Crippen LogP contribution in [0.3, 0.4) is 0 Å². The van der Waals surface area contributed by atoms with Gasteiger partial charge in [0.05, 0.1) is 11.7 Å². The molecule has 144 valence electrons. The molecule has 8 heteroatoms. The lowest BCUT2D eigenvalue weighted by molar-refractivity contribution is -0.126. The van der Waals surface area contributed by atoms with Crippen molar-refractivity contribution in [2.75, 3.05) is 13.1 Å². The van der Waals surface area contributed by atoms with Crippen molar-refractivity contribution in [3.05, 3.63) is 33.8 Å². The van der Waals surface area contributed by atoms with Gasteiger partial charge in [0.15, 0.2) is 0 Å². The fourth-order valence-corrected chi connectivity index (χ4v) is 6.10. The smallest absolute Gasteiger partial charge is 0.224 e. The van der Waals surface area contributed by atoms with Gasteiger partial charge in [-0.3, -0.25) is 4.79 Å². The van der Waals surface area contributed by atoms with Gasteiger partial charge in [-0.15, -0.1) is 0 Å². The molecule has 1 amide bonds. The summed E-state index contributed by atoms with van der Waals surface area (Å²) in [5.74, 6) is -0.559. The van der Waals surface area contributed by atoms with Crippen LogP contribution in [0.2, 0.25) is 10.0 Å². The summed E-state index contributed by atoms with van der Waals surface area (Å²) in [6.45, 7) is 0.653. The minimum absolute atomic E-state index is 0.0208. The van der Waals surface area contributed by atoms with Crippen LogP contribution in [-0.4, -0.2) is 37.8 Å². The SMILES string of the molecule is O=C(NC1CCCC1)C1CCCN(S(=O)(=O)Cc2c(Cl)cccc2Cl)C1. The molecule has 1 atom stereocenters. The number of benzene rings is 1. The third-order valence-electron chi connectivity index (χ3n) is 5.24. The van der Waals surface area contributed by atoms with Crippen molar-refractivity contribution >= 4 is 39.1 Å². The highest BCUT2D eigenvalue weighted by atomic mass is 35.5. The summed E-state index contributed by atoms with van der Waals surface area (Å²) in [4.78, 5) is 12.5.